The van der Waals surface area contributed by atoms with Gasteiger partial charge >= 0.3 is 0 Å². The Kier molecular flexibility index (Phi) is 6.82. The van der Waals surface area contributed by atoms with Crippen LogP contribution in [0.5, 0.6) is 0 Å². The average molecular weight is 382 g/mol. The summed E-state index contributed by atoms with van der Waals surface area (Å²) in [7, 11) is -3.42. The van der Waals surface area contributed by atoms with E-state index in [-0.39, 0.29) is 23.6 Å². The van der Waals surface area contributed by atoms with Crippen LogP contribution in [-0.2, 0) is 27.1 Å². The summed E-state index contributed by atoms with van der Waals surface area (Å²) in [6.07, 6.45) is 3.72. The van der Waals surface area contributed by atoms with Crippen LogP contribution < -0.4 is 15.8 Å². The van der Waals surface area contributed by atoms with Gasteiger partial charge in [0.25, 0.3) is 0 Å². The van der Waals surface area contributed by atoms with E-state index in [4.69, 9.17) is 5.73 Å². The first-order chi connectivity index (χ1) is 12.1. The van der Waals surface area contributed by atoms with Gasteiger partial charge in [0, 0.05) is 18.1 Å². The maximum absolute atomic E-state index is 12.6. The van der Waals surface area contributed by atoms with Gasteiger partial charge in [0.05, 0.1) is 11.7 Å². The summed E-state index contributed by atoms with van der Waals surface area (Å²) in [6.45, 7) is 5.82. The van der Waals surface area contributed by atoms with Crippen molar-refractivity contribution >= 4 is 15.9 Å². The number of amides is 1. The van der Waals surface area contributed by atoms with E-state index >= 15 is 0 Å². The van der Waals surface area contributed by atoms with E-state index in [1.165, 1.54) is 0 Å². The summed E-state index contributed by atoms with van der Waals surface area (Å²) in [5.41, 5.74) is 7.33. The van der Waals surface area contributed by atoms with E-state index in [0.29, 0.717) is 12.1 Å². The van der Waals surface area contributed by atoms with Crippen molar-refractivity contribution in [2.75, 3.05) is 0 Å². The minimum atomic E-state index is -3.42. The molecule has 0 bridgehead atoms. The number of rotatable bonds is 7. The van der Waals surface area contributed by atoms with Gasteiger partial charge in [0.1, 0.15) is 0 Å². The highest BCUT2D eigenvalue weighted by Crippen LogP contribution is 2.31. The summed E-state index contributed by atoms with van der Waals surface area (Å²) in [5, 5.41) is 2.96. The molecular formula is C19H31N3O3S. The molecule has 2 atom stereocenters. The Morgan fingerprint density at radius 3 is 2.54 bits per heavy atom. The molecule has 0 heterocycles. The van der Waals surface area contributed by atoms with Gasteiger partial charge in [-0.1, -0.05) is 37.1 Å². The predicted molar refractivity (Wildman–Crippen MR) is 104 cm³/mol. The topological polar surface area (TPSA) is 101 Å². The number of carbonyl (C=O) groups excluding carboxylic acids is 1. The Bertz CT molecular complexity index is 729. The molecule has 0 aromatic heterocycles. The number of nitrogens with two attached hydrogens (primary N) is 1. The van der Waals surface area contributed by atoms with Gasteiger partial charge in [-0.05, 0) is 44.7 Å². The predicted octanol–water partition coefficient (Wildman–Crippen LogP) is 2.04. The summed E-state index contributed by atoms with van der Waals surface area (Å²) >= 11 is 0. The zero-order chi connectivity index (χ0) is 19.4. The zero-order valence-electron chi connectivity index (χ0n) is 15.9. The normalized spacial score (nSPS) is 23.8. The number of nitrogens with one attached hydrogen (secondary N) is 2. The molecule has 7 heteroatoms. The lowest BCUT2D eigenvalue weighted by Crippen LogP contribution is -2.52. The highest BCUT2D eigenvalue weighted by atomic mass is 32.2. The molecule has 1 aliphatic rings. The van der Waals surface area contributed by atoms with E-state index in [1.807, 2.05) is 25.1 Å². The molecule has 1 amide bonds. The first-order valence-corrected chi connectivity index (χ1v) is 10.9. The minimum Gasteiger partial charge on any atom is -0.352 e. The third-order valence-corrected chi connectivity index (χ3v) is 6.42. The second-order valence-corrected chi connectivity index (χ2v) is 9.58. The summed E-state index contributed by atoms with van der Waals surface area (Å²) in [5.74, 6) is -0.350. The van der Waals surface area contributed by atoms with E-state index < -0.39 is 15.6 Å². The van der Waals surface area contributed by atoms with Crippen LogP contribution in [0.3, 0.4) is 0 Å². The Hall–Kier alpha value is -1.44. The molecule has 6 nitrogen and oxygen atoms in total. The molecule has 0 radical (unpaired) electrons. The smallest absolute Gasteiger partial charge is 0.225 e. The van der Waals surface area contributed by atoms with Crippen molar-refractivity contribution in [2.45, 2.75) is 70.3 Å². The second-order valence-electron chi connectivity index (χ2n) is 7.82. The number of hydrogen-bond donors (Lipinski definition) is 3. The summed E-state index contributed by atoms with van der Waals surface area (Å²) < 4.78 is 27.0. The fourth-order valence-electron chi connectivity index (χ4n) is 3.57. The van der Waals surface area contributed by atoms with E-state index in [1.54, 1.807) is 19.9 Å². The second kappa shape index (κ2) is 8.50. The lowest BCUT2D eigenvalue weighted by Gasteiger charge is -2.37. The standard InChI is InChI=1S/C19H31N3O3S/c1-14(2)22-26(24,25)13-16-9-5-4-8-15(16)12-21-18(23)17-10-6-7-11-19(17,3)20/h4-5,8-9,14,17,22H,6-7,10-13,20H2,1-3H3,(H,21,23). The number of carbonyl (C=O) groups is 1. The van der Waals surface area contributed by atoms with Crippen LogP contribution in [0.4, 0.5) is 0 Å². The largest absolute Gasteiger partial charge is 0.352 e. The molecule has 2 rings (SSSR count). The van der Waals surface area contributed by atoms with Crippen LogP contribution in [0.2, 0.25) is 0 Å². The average Bonchev–Trinajstić information content (AvgIpc) is 2.51. The summed E-state index contributed by atoms with van der Waals surface area (Å²) in [6, 6.07) is 7.14. The third-order valence-electron chi connectivity index (χ3n) is 4.90. The van der Waals surface area contributed by atoms with Crippen LogP contribution in [0.1, 0.15) is 57.6 Å². The fraction of sp³-hybridized carbons (Fsp3) is 0.632. The molecular weight excluding hydrogens is 350 g/mol. The zero-order valence-corrected chi connectivity index (χ0v) is 16.7. The van der Waals surface area contributed by atoms with Crippen LogP contribution in [0.15, 0.2) is 24.3 Å². The summed E-state index contributed by atoms with van der Waals surface area (Å²) in [4.78, 5) is 12.6. The van der Waals surface area contributed by atoms with Crippen molar-refractivity contribution in [3.8, 4) is 0 Å². The molecule has 146 valence electrons. The lowest BCUT2D eigenvalue weighted by atomic mass is 9.74. The first kappa shape index (κ1) is 20.9. The van der Waals surface area contributed by atoms with Crippen molar-refractivity contribution in [3.63, 3.8) is 0 Å². The molecule has 26 heavy (non-hydrogen) atoms. The Labute approximate surface area is 157 Å². The van der Waals surface area contributed by atoms with Gasteiger partial charge in [-0.3, -0.25) is 4.79 Å². The Morgan fingerprint density at radius 2 is 1.92 bits per heavy atom. The number of sulfonamides is 1. The quantitative estimate of drug-likeness (QED) is 0.673. The molecule has 1 fully saturated rings. The van der Waals surface area contributed by atoms with Crippen molar-refractivity contribution in [1.29, 1.82) is 0 Å². The molecule has 1 aliphatic carbocycles. The van der Waals surface area contributed by atoms with Crippen molar-refractivity contribution in [3.05, 3.63) is 35.4 Å². The maximum atomic E-state index is 12.6. The van der Waals surface area contributed by atoms with Gasteiger partial charge in [0.2, 0.25) is 15.9 Å². The van der Waals surface area contributed by atoms with Crippen molar-refractivity contribution < 1.29 is 13.2 Å². The maximum Gasteiger partial charge on any atom is 0.225 e. The van der Waals surface area contributed by atoms with Crippen LogP contribution >= 0.6 is 0 Å². The van der Waals surface area contributed by atoms with Gasteiger partial charge in [-0.15, -0.1) is 0 Å². The van der Waals surface area contributed by atoms with Gasteiger partial charge in [-0.25, -0.2) is 13.1 Å². The minimum absolute atomic E-state index is 0.0485. The number of benzene rings is 1. The monoisotopic (exact) mass is 381 g/mol. The molecule has 1 aromatic rings. The molecule has 1 saturated carbocycles. The first-order valence-electron chi connectivity index (χ1n) is 9.24. The van der Waals surface area contributed by atoms with Crippen LogP contribution in [0.25, 0.3) is 0 Å². The molecule has 0 aliphatic heterocycles. The number of hydrogen-bond acceptors (Lipinski definition) is 4. The molecule has 4 N–H and O–H groups in total. The highest BCUT2D eigenvalue weighted by molar-refractivity contribution is 7.88. The highest BCUT2D eigenvalue weighted by Gasteiger charge is 2.37. The van der Waals surface area contributed by atoms with E-state index in [0.717, 1.165) is 31.2 Å². The van der Waals surface area contributed by atoms with E-state index in [2.05, 4.69) is 10.0 Å². The molecule has 2 unspecified atom stereocenters. The van der Waals surface area contributed by atoms with Crippen LogP contribution in [-0.4, -0.2) is 25.9 Å². The third kappa shape index (κ3) is 5.79. The van der Waals surface area contributed by atoms with Gasteiger partial charge < -0.3 is 11.1 Å². The van der Waals surface area contributed by atoms with E-state index in [9.17, 15) is 13.2 Å². The molecule has 1 aromatic carbocycles. The van der Waals surface area contributed by atoms with Crippen LogP contribution in [0, 0.1) is 5.92 Å². The molecule has 0 saturated heterocycles. The van der Waals surface area contributed by atoms with Gasteiger partial charge in [0.15, 0.2) is 0 Å². The Balaban J connectivity index is 2.05. The van der Waals surface area contributed by atoms with Crippen molar-refractivity contribution in [1.82, 2.24) is 10.0 Å². The van der Waals surface area contributed by atoms with Crippen molar-refractivity contribution in [2.24, 2.45) is 11.7 Å². The SMILES string of the molecule is CC(C)NS(=O)(=O)Cc1ccccc1CNC(=O)C1CCCCC1(C)N. The van der Waals surface area contributed by atoms with Gasteiger partial charge in [-0.2, -0.15) is 0 Å². The molecule has 0 spiro atoms. The fourth-order valence-corrected chi connectivity index (χ4v) is 5.06. The Morgan fingerprint density at radius 1 is 1.27 bits per heavy atom. The lowest BCUT2D eigenvalue weighted by molar-refractivity contribution is -0.128.